The summed E-state index contributed by atoms with van der Waals surface area (Å²) in [5, 5.41) is 0. The molecule has 2 atom stereocenters. The molecular weight excluding hydrogens is 357 g/mol. The molecule has 0 amide bonds. The molecule has 6 heteroatoms. The van der Waals surface area contributed by atoms with E-state index in [4.69, 9.17) is 5.73 Å². The number of esters is 1. The predicted molar refractivity (Wildman–Crippen MR) is 70.3 cm³/mol. The van der Waals surface area contributed by atoms with Crippen LogP contribution in [0.25, 0.3) is 0 Å². The van der Waals surface area contributed by atoms with E-state index in [1.54, 1.807) is 25.1 Å². The van der Waals surface area contributed by atoms with E-state index in [0.29, 0.717) is 5.56 Å². The molecule has 1 unspecified atom stereocenters. The summed E-state index contributed by atoms with van der Waals surface area (Å²) in [4.78, 5) is 11.2. The molecule has 0 radical (unpaired) electrons. The van der Waals surface area contributed by atoms with Crippen LogP contribution in [0.3, 0.4) is 0 Å². The van der Waals surface area contributed by atoms with E-state index < -0.39 is 18.2 Å². The molecule has 0 fully saturated rings. The van der Waals surface area contributed by atoms with E-state index in [0.717, 1.165) is 8.95 Å². The van der Waals surface area contributed by atoms with Gasteiger partial charge in [0.2, 0.25) is 6.17 Å². The zero-order valence-electron chi connectivity index (χ0n) is 9.12. The number of halogens is 3. The monoisotopic (exact) mass is 367 g/mol. The lowest BCUT2D eigenvalue weighted by molar-refractivity contribution is -0.149. The molecule has 0 aromatic heterocycles. The van der Waals surface area contributed by atoms with Gasteiger partial charge in [0.25, 0.3) is 0 Å². The molecule has 0 aliphatic carbocycles. The van der Waals surface area contributed by atoms with Gasteiger partial charge >= 0.3 is 5.97 Å². The Morgan fingerprint density at radius 3 is 2.41 bits per heavy atom. The Kier molecular flexibility index (Phi) is 5.55. The van der Waals surface area contributed by atoms with Crippen molar-refractivity contribution in [1.82, 2.24) is 0 Å². The standard InChI is InChI=1S/C11H12Br2FNO2/c1-2-17-11(16)9(14)10(15)6-3-7(12)5-8(13)4-6/h3-5,9-10H,2,15H2,1H3/t9?,10-/m1/s1. The number of hydrogen-bond acceptors (Lipinski definition) is 3. The Bertz CT molecular complexity index is 394. The van der Waals surface area contributed by atoms with Crippen LogP contribution in [-0.4, -0.2) is 18.7 Å². The highest BCUT2D eigenvalue weighted by Gasteiger charge is 2.28. The zero-order valence-corrected chi connectivity index (χ0v) is 12.3. The summed E-state index contributed by atoms with van der Waals surface area (Å²) < 4.78 is 19.8. The van der Waals surface area contributed by atoms with Crippen molar-refractivity contribution in [3.8, 4) is 0 Å². The minimum atomic E-state index is -1.86. The number of nitrogens with two attached hydrogens (primary N) is 1. The Labute approximate surface area is 116 Å². The van der Waals surface area contributed by atoms with Gasteiger partial charge in [-0.3, -0.25) is 0 Å². The van der Waals surface area contributed by atoms with Gasteiger partial charge in [0.1, 0.15) is 0 Å². The molecule has 1 rings (SSSR count). The smallest absolute Gasteiger partial charge is 0.342 e. The first-order chi connectivity index (χ1) is 7.95. The van der Waals surface area contributed by atoms with Crippen molar-refractivity contribution in [2.75, 3.05) is 6.61 Å². The molecule has 0 aliphatic heterocycles. The fraction of sp³-hybridized carbons (Fsp3) is 0.364. The van der Waals surface area contributed by atoms with Crippen molar-refractivity contribution < 1.29 is 13.9 Å². The molecule has 94 valence electrons. The number of benzene rings is 1. The summed E-state index contributed by atoms with van der Waals surface area (Å²) in [5.74, 6) is -0.934. The van der Waals surface area contributed by atoms with Crippen LogP contribution >= 0.6 is 31.9 Å². The first-order valence-corrected chi connectivity index (χ1v) is 6.56. The van der Waals surface area contributed by atoms with E-state index in [1.807, 2.05) is 0 Å². The maximum atomic E-state index is 13.7. The van der Waals surface area contributed by atoms with Crippen LogP contribution in [0.2, 0.25) is 0 Å². The molecule has 0 bridgehead atoms. The molecule has 0 saturated heterocycles. The topological polar surface area (TPSA) is 52.3 Å². The largest absolute Gasteiger partial charge is 0.464 e. The van der Waals surface area contributed by atoms with Gasteiger partial charge < -0.3 is 10.5 Å². The van der Waals surface area contributed by atoms with Gasteiger partial charge in [0.15, 0.2) is 0 Å². The van der Waals surface area contributed by atoms with Crippen molar-refractivity contribution in [3.05, 3.63) is 32.7 Å². The van der Waals surface area contributed by atoms with Crippen molar-refractivity contribution in [2.24, 2.45) is 5.73 Å². The Balaban J connectivity index is 2.87. The van der Waals surface area contributed by atoms with Crippen LogP contribution in [0.4, 0.5) is 4.39 Å². The highest BCUT2D eigenvalue weighted by molar-refractivity contribution is 9.11. The number of rotatable bonds is 4. The van der Waals surface area contributed by atoms with Gasteiger partial charge in [-0.15, -0.1) is 0 Å². The fourth-order valence-electron chi connectivity index (χ4n) is 1.31. The molecule has 1 aromatic carbocycles. The van der Waals surface area contributed by atoms with Gasteiger partial charge in [-0.25, -0.2) is 9.18 Å². The van der Waals surface area contributed by atoms with E-state index in [2.05, 4.69) is 36.6 Å². The minimum absolute atomic E-state index is 0.133. The van der Waals surface area contributed by atoms with E-state index in [-0.39, 0.29) is 6.61 Å². The summed E-state index contributed by atoms with van der Waals surface area (Å²) in [6.45, 7) is 1.75. The molecule has 1 aromatic rings. The maximum absolute atomic E-state index is 13.7. The lowest BCUT2D eigenvalue weighted by Crippen LogP contribution is -2.31. The Morgan fingerprint density at radius 1 is 1.41 bits per heavy atom. The number of carbonyl (C=O) groups excluding carboxylic acids is 1. The normalized spacial score (nSPS) is 14.2. The molecule has 0 spiro atoms. The average molecular weight is 369 g/mol. The molecular formula is C11H12Br2FNO2. The second-order valence-electron chi connectivity index (χ2n) is 3.38. The van der Waals surface area contributed by atoms with Crippen LogP contribution in [0, 0.1) is 0 Å². The molecule has 0 aliphatic rings. The number of hydrogen-bond donors (Lipinski definition) is 1. The van der Waals surface area contributed by atoms with Crippen molar-refractivity contribution in [3.63, 3.8) is 0 Å². The summed E-state index contributed by atoms with van der Waals surface area (Å²) in [5.41, 5.74) is 6.21. The molecule has 3 nitrogen and oxygen atoms in total. The second-order valence-corrected chi connectivity index (χ2v) is 5.21. The summed E-state index contributed by atoms with van der Waals surface area (Å²) >= 11 is 6.55. The van der Waals surface area contributed by atoms with Gasteiger partial charge in [-0.2, -0.15) is 0 Å². The molecule has 0 heterocycles. The maximum Gasteiger partial charge on any atom is 0.342 e. The van der Waals surface area contributed by atoms with Gasteiger partial charge in [-0.1, -0.05) is 31.9 Å². The van der Waals surface area contributed by atoms with E-state index >= 15 is 0 Å². The third-order valence-electron chi connectivity index (χ3n) is 2.10. The molecule has 17 heavy (non-hydrogen) atoms. The third kappa shape index (κ3) is 4.04. The zero-order chi connectivity index (χ0) is 13.0. The van der Waals surface area contributed by atoms with Crippen LogP contribution in [0.1, 0.15) is 18.5 Å². The molecule has 0 saturated carbocycles. The van der Waals surface area contributed by atoms with Crippen LogP contribution in [-0.2, 0) is 9.53 Å². The predicted octanol–water partition coefficient (Wildman–Crippen LogP) is 3.11. The van der Waals surface area contributed by atoms with E-state index in [1.165, 1.54) is 0 Å². The summed E-state index contributed by atoms with van der Waals surface area (Å²) in [6.07, 6.45) is -1.86. The van der Waals surface area contributed by atoms with Crippen molar-refractivity contribution in [2.45, 2.75) is 19.1 Å². The summed E-state index contributed by atoms with van der Waals surface area (Å²) in [7, 11) is 0. The average Bonchev–Trinajstić information content (AvgIpc) is 2.26. The van der Waals surface area contributed by atoms with Gasteiger partial charge in [0, 0.05) is 8.95 Å². The van der Waals surface area contributed by atoms with Crippen LogP contribution in [0.5, 0.6) is 0 Å². The number of ether oxygens (including phenoxy) is 1. The minimum Gasteiger partial charge on any atom is -0.464 e. The fourth-order valence-corrected chi connectivity index (χ4v) is 2.63. The second kappa shape index (κ2) is 6.47. The number of carbonyl (C=O) groups is 1. The quantitative estimate of drug-likeness (QED) is 0.830. The van der Waals surface area contributed by atoms with Crippen molar-refractivity contribution in [1.29, 1.82) is 0 Å². The van der Waals surface area contributed by atoms with Gasteiger partial charge in [-0.05, 0) is 30.7 Å². The lowest BCUT2D eigenvalue weighted by atomic mass is 10.0. The highest BCUT2D eigenvalue weighted by Crippen LogP contribution is 2.26. The Hall–Kier alpha value is -0.460. The molecule has 2 N–H and O–H groups in total. The lowest BCUT2D eigenvalue weighted by Gasteiger charge is -2.16. The van der Waals surface area contributed by atoms with Crippen LogP contribution in [0.15, 0.2) is 27.1 Å². The highest BCUT2D eigenvalue weighted by atomic mass is 79.9. The summed E-state index contributed by atoms with van der Waals surface area (Å²) in [6, 6.07) is 4.10. The first kappa shape index (κ1) is 14.6. The van der Waals surface area contributed by atoms with Crippen LogP contribution < -0.4 is 5.73 Å². The Morgan fingerprint density at radius 2 is 1.94 bits per heavy atom. The third-order valence-corrected chi connectivity index (χ3v) is 3.01. The number of alkyl halides is 1. The van der Waals surface area contributed by atoms with Gasteiger partial charge in [0.05, 0.1) is 12.6 Å². The van der Waals surface area contributed by atoms with Crippen molar-refractivity contribution >= 4 is 37.8 Å². The first-order valence-electron chi connectivity index (χ1n) is 4.98. The SMILES string of the molecule is CCOC(=O)C(F)[C@H](N)c1cc(Br)cc(Br)c1. The van der Waals surface area contributed by atoms with E-state index in [9.17, 15) is 9.18 Å².